The number of nitrogens with two attached hydrogens (primary N) is 1. The number of rotatable bonds is 1. The lowest BCUT2D eigenvalue weighted by molar-refractivity contribution is 0.727. The van der Waals surface area contributed by atoms with Crippen LogP contribution >= 0.6 is 0 Å². The Morgan fingerprint density at radius 1 is 1.46 bits per heavy atom. The van der Waals surface area contributed by atoms with Crippen molar-refractivity contribution in [1.29, 1.82) is 0 Å². The van der Waals surface area contributed by atoms with Crippen LogP contribution in [-0.4, -0.2) is 12.7 Å². The second kappa shape index (κ2) is 2.83. The number of anilines is 3. The van der Waals surface area contributed by atoms with E-state index in [1.165, 1.54) is 11.4 Å². The van der Waals surface area contributed by atoms with Crippen LogP contribution in [0.25, 0.3) is 0 Å². The van der Waals surface area contributed by atoms with Gasteiger partial charge >= 0.3 is 0 Å². The minimum Gasteiger partial charge on any atom is -0.399 e. The van der Waals surface area contributed by atoms with Gasteiger partial charge in [-0.25, -0.2) is 0 Å². The molecule has 0 aliphatic carbocycles. The Balaban J connectivity index is 2.40. The van der Waals surface area contributed by atoms with Gasteiger partial charge in [0.2, 0.25) is 0 Å². The standard InChI is InChI=1S/C10H15N3/c1-7(2)13-6-12-9-4-3-8(11)5-10(9)13/h3-5,7,12H,6,11H2,1-2H3. The lowest BCUT2D eigenvalue weighted by Crippen LogP contribution is -2.30. The van der Waals surface area contributed by atoms with Crippen molar-refractivity contribution in [3.05, 3.63) is 18.2 Å². The van der Waals surface area contributed by atoms with Crippen LogP contribution in [0.3, 0.4) is 0 Å². The summed E-state index contributed by atoms with van der Waals surface area (Å²) >= 11 is 0. The van der Waals surface area contributed by atoms with E-state index in [2.05, 4.69) is 24.1 Å². The molecule has 0 radical (unpaired) electrons. The molecule has 1 aliphatic heterocycles. The average Bonchev–Trinajstić information content (AvgIpc) is 2.46. The van der Waals surface area contributed by atoms with E-state index in [-0.39, 0.29) is 0 Å². The normalized spacial score (nSPS) is 14.5. The Hall–Kier alpha value is -1.38. The molecule has 3 heteroatoms. The largest absolute Gasteiger partial charge is 0.399 e. The molecule has 1 aromatic rings. The third-order valence-electron chi connectivity index (χ3n) is 2.39. The Labute approximate surface area is 78.5 Å². The summed E-state index contributed by atoms with van der Waals surface area (Å²) < 4.78 is 0. The fraction of sp³-hybridized carbons (Fsp3) is 0.400. The monoisotopic (exact) mass is 177 g/mol. The molecule has 13 heavy (non-hydrogen) atoms. The summed E-state index contributed by atoms with van der Waals surface area (Å²) in [6.45, 7) is 5.25. The first kappa shape index (κ1) is 8.23. The molecule has 2 rings (SSSR count). The van der Waals surface area contributed by atoms with Gasteiger partial charge in [-0.2, -0.15) is 0 Å². The predicted molar refractivity (Wildman–Crippen MR) is 57.0 cm³/mol. The van der Waals surface area contributed by atoms with Crippen LogP contribution in [0.15, 0.2) is 18.2 Å². The molecule has 0 fully saturated rings. The first-order chi connectivity index (χ1) is 6.18. The molecule has 3 N–H and O–H groups in total. The average molecular weight is 177 g/mol. The number of hydrogen-bond acceptors (Lipinski definition) is 3. The van der Waals surface area contributed by atoms with E-state index in [9.17, 15) is 0 Å². The fourth-order valence-electron chi connectivity index (χ4n) is 1.65. The summed E-state index contributed by atoms with van der Waals surface area (Å²) in [7, 11) is 0. The van der Waals surface area contributed by atoms with Crippen molar-refractivity contribution < 1.29 is 0 Å². The highest BCUT2D eigenvalue weighted by Crippen LogP contribution is 2.33. The van der Waals surface area contributed by atoms with Crippen molar-refractivity contribution in [2.75, 3.05) is 22.6 Å². The molecule has 70 valence electrons. The molecule has 0 bridgehead atoms. The molecule has 3 nitrogen and oxygen atoms in total. The van der Waals surface area contributed by atoms with E-state index in [4.69, 9.17) is 5.73 Å². The first-order valence-electron chi connectivity index (χ1n) is 4.58. The molecule has 0 aromatic heterocycles. The number of nitrogen functional groups attached to an aromatic ring is 1. The molecule has 0 saturated heterocycles. The van der Waals surface area contributed by atoms with E-state index in [1.54, 1.807) is 0 Å². The lowest BCUT2D eigenvalue weighted by atomic mass is 10.2. The van der Waals surface area contributed by atoms with Crippen molar-refractivity contribution in [3.63, 3.8) is 0 Å². The molecular weight excluding hydrogens is 162 g/mol. The van der Waals surface area contributed by atoms with Crippen molar-refractivity contribution in [1.82, 2.24) is 0 Å². The van der Waals surface area contributed by atoms with E-state index in [1.807, 2.05) is 18.2 Å². The number of benzene rings is 1. The first-order valence-corrected chi connectivity index (χ1v) is 4.58. The van der Waals surface area contributed by atoms with Crippen LogP contribution in [0.1, 0.15) is 13.8 Å². The summed E-state index contributed by atoms with van der Waals surface area (Å²) in [5.74, 6) is 0. The summed E-state index contributed by atoms with van der Waals surface area (Å²) in [6.07, 6.45) is 0. The van der Waals surface area contributed by atoms with Crippen molar-refractivity contribution in [2.24, 2.45) is 0 Å². The molecule has 0 atom stereocenters. The Morgan fingerprint density at radius 3 is 2.92 bits per heavy atom. The van der Waals surface area contributed by atoms with Gasteiger partial charge in [-0.15, -0.1) is 0 Å². The minimum atomic E-state index is 0.510. The lowest BCUT2D eigenvalue weighted by Gasteiger charge is -2.22. The van der Waals surface area contributed by atoms with Gasteiger partial charge in [0.05, 0.1) is 18.0 Å². The maximum atomic E-state index is 5.74. The highest BCUT2D eigenvalue weighted by molar-refractivity contribution is 5.78. The summed E-state index contributed by atoms with van der Waals surface area (Å²) in [4.78, 5) is 2.30. The van der Waals surface area contributed by atoms with Crippen LogP contribution in [0.5, 0.6) is 0 Å². The second-order valence-electron chi connectivity index (χ2n) is 3.68. The van der Waals surface area contributed by atoms with Gasteiger partial charge in [-0.3, -0.25) is 0 Å². The van der Waals surface area contributed by atoms with Crippen molar-refractivity contribution in [2.45, 2.75) is 19.9 Å². The zero-order valence-corrected chi connectivity index (χ0v) is 8.04. The van der Waals surface area contributed by atoms with Crippen LogP contribution in [0, 0.1) is 0 Å². The predicted octanol–water partition coefficient (Wildman–Crippen LogP) is 1.87. The van der Waals surface area contributed by atoms with Crippen LogP contribution in [0.4, 0.5) is 17.1 Å². The maximum absolute atomic E-state index is 5.74. The van der Waals surface area contributed by atoms with Gasteiger partial charge in [0, 0.05) is 11.7 Å². The second-order valence-corrected chi connectivity index (χ2v) is 3.68. The van der Waals surface area contributed by atoms with Gasteiger partial charge in [0.25, 0.3) is 0 Å². The molecule has 1 aromatic carbocycles. The van der Waals surface area contributed by atoms with Gasteiger partial charge in [-0.1, -0.05) is 0 Å². The smallest absolute Gasteiger partial charge is 0.0880 e. The quantitative estimate of drug-likeness (QED) is 0.643. The maximum Gasteiger partial charge on any atom is 0.0880 e. The number of nitrogens with zero attached hydrogens (tertiary/aromatic N) is 1. The molecular formula is C10H15N3. The third kappa shape index (κ3) is 1.30. The van der Waals surface area contributed by atoms with Gasteiger partial charge in [0.15, 0.2) is 0 Å². The van der Waals surface area contributed by atoms with E-state index in [0.717, 1.165) is 12.4 Å². The Bertz CT molecular complexity index is 320. The minimum absolute atomic E-state index is 0.510. The number of fused-ring (bicyclic) bond motifs is 1. The summed E-state index contributed by atoms with van der Waals surface area (Å²) in [5, 5.41) is 3.33. The van der Waals surface area contributed by atoms with E-state index in [0.29, 0.717) is 6.04 Å². The highest BCUT2D eigenvalue weighted by Gasteiger charge is 2.20. The number of hydrogen-bond donors (Lipinski definition) is 2. The van der Waals surface area contributed by atoms with Gasteiger partial charge in [-0.05, 0) is 32.0 Å². The SMILES string of the molecule is CC(C)N1CNc2ccc(N)cc21. The van der Waals surface area contributed by atoms with Crippen LogP contribution in [-0.2, 0) is 0 Å². The van der Waals surface area contributed by atoms with E-state index < -0.39 is 0 Å². The third-order valence-corrected chi connectivity index (χ3v) is 2.39. The topological polar surface area (TPSA) is 41.3 Å². The molecule has 0 amide bonds. The molecule has 0 unspecified atom stereocenters. The van der Waals surface area contributed by atoms with E-state index >= 15 is 0 Å². The summed E-state index contributed by atoms with van der Waals surface area (Å²) in [5.41, 5.74) is 8.97. The van der Waals surface area contributed by atoms with Crippen LogP contribution in [0.2, 0.25) is 0 Å². The molecule has 1 heterocycles. The molecule has 1 aliphatic rings. The van der Waals surface area contributed by atoms with Gasteiger partial charge < -0.3 is 16.0 Å². The highest BCUT2D eigenvalue weighted by atomic mass is 15.3. The molecule has 0 spiro atoms. The molecule has 0 saturated carbocycles. The van der Waals surface area contributed by atoms with Gasteiger partial charge in [0.1, 0.15) is 0 Å². The Morgan fingerprint density at radius 2 is 2.23 bits per heavy atom. The zero-order chi connectivity index (χ0) is 9.42. The van der Waals surface area contributed by atoms with Crippen LogP contribution < -0.4 is 16.0 Å². The summed E-state index contributed by atoms with van der Waals surface area (Å²) in [6, 6.07) is 6.49. The fourth-order valence-corrected chi connectivity index (χ4v) is 1.65. The Kier molecular flexibility index (Phi) is 1.79. The zero-order valence-electron chi connectivity index (χ0n) is 8.04. The number of nitrogens with one attached hydrogen (secondary N) is 1. The van der Waals surface area contributed by atoms with Crippen molar-refractivity contribution in [3.8, 4) is 0 Å². The van der Waals surface area contributed by atoms with Crippen molar-refractivity contribution >= 4 is 17.1 Å².